The van der Waals surface area contributed by atoms with Crippen LogP contribution in [0.2, 0.25) is 5.02 Å². The molecule has 110 valence electrons. The lowest BCUT2D eigenvalue weighted by atomic mass is 9.73. The SMILES string of the molecule is Clc1cccc(C2(CCOc3ccc(Br)cc3)CNC2)c1. The first-order valence-corrected chi connectivity index (χ1v) is 8.20. The largest absolute Gasteiger partial charge is 0.494 e. The molecule has 0 atom stereocenters. The molecule has 1 aliphatic heterocycles. The fourth-order valence-corrected chi connectivity index (χ4v) is 3.12. The summed E-state index contributed by atoms with van der Waals surface area (Å²) in [5.74, 6) is 0.909. The predicted molar refractivity (Wildman–Crippen MR) is 90.3 cm³/mol. The van der Waals surface area contributed by atoms with Crippen molar-refractivity contribution in [3.63, 3.8) is 0 Å². The lowest BCUT2D eigenvalue weighted by Gasteiger charge is -2.43. The zero-order valence-electron chi connectivity index (χ0n) is 11.6. The Balaban J connectivity index is 1.63. The Morgan fingerprint density at radius 2 is 1.90 bits per heavy atom. The van der Waals surface area contributed by atoms with E-state index in [1.165, 1.54) is 5.56 Å². The van der Waals surface area contributed by atoms with Crippen LogP contribution < -0.4 is 10.1 Å². The van der Waals surface area contributed by atoms with Gasteiger partial charge in [-0.15, -0.1) is 0 Å². The normalized spacial score (nSPS) is 16.3. The Kier molecular flexibility index (Phi) is 4.53. The number of ether oxygens (including phenoxy) is 1. The second kappa shape index (κ2) is 6.39. The van der Waals surface area contributed by atoms with Crippen LogP contribution in [0.3, 0.4) is 0 Å². The van der Waals surface area contributed by atoms with Crippen LogP contribution in [0.25, 0.3) is 0 Å². The van der Waals surface area contributed by atoms with Gasteiger partial charge in [-0.05, 0) is 48.4 Å². The summed E-state index contributed by atoms with van der Waals surface area (Å²) < 4.78 is 6.93. The Labute approximate surface area is 138 Å². The molecule has 21 heavy (non-hydrogen) atoms. The third-order valence-electron chi connectivity index (χ3n) is 4.03. The van der Waals surface area contributed by atoms with Gasteiger partial charge in [0.2, 0.25) is 0 Å². The van der Waals surface area contributed by atoms with E-state index < -0.39 is 0 Å². The van der Waals surface area contributed by atoms with Gasteiger partial charge < -0.3 is 10.1 Å². The third-order valence-corrected chi connectivity index (χ3v) is 4.79. The zero-order valence-corrected chi connectivity index (χ0v) is 14.0. The smallest absolute Gasteiger partial charge is 0.119 e. The van der Waals surface area contributed by atoms with Crippen molar-refractivity contribution in [2.45, 2.75) is 11.8 Å². The zero-order chi connectivity index (χ0) is 14.7. The lowest BCUT2D eigenvalue weighted by Crippen LogP contribution is -2.57. The Hall–Kier alpha value is -1.03. The molecular weight excluding hydrogens is 350 g/mol. The number of nitrogens with one attached hydrogen (secondary N) is 1. The van der Waals surface area contributed by atoms with Crippen molar-refractivity contribution in [3.8, 4) is 5.75 Å². The van der Waals surface area contributed by atoms with Crippen LogP contribution in [0, 0.1) is 0 Å². The first kappa shape index (κ1) is 14.9. The van der Waals surface area contributed by atoms with E-state index in [4.69, 9.17) is 16.3 Å². The van der Waals surface area contributed by atoms with E-state index in [0.29, 0.717) is 6.61 Å². The van der Waals surface area contributed by atoms with Crippen LogP contribution in [-0.4, -0.2) is 19.7 Å². The monoisotopic (exact) mass is 365 g/mol. The number of hydrogen-bond donors (Lipinski definition) is 1. The molecule has 1 saturated heterocycles. The second-order valence-electron chi connectivity index (χ2n) is 5.45. The molecule has 0 aromatic heterocycles. The molecule has 2 nitrogen and oxygen atoms in total. The van der Waals surface area contributed by atoms with Crippen molar-refractivity contribution in [2.24, 2.45) is 0 Å². The molecular formula is C17H17BrClNO. The number of benzene rings is 2. The fraction of sp³-hybridized carbons (Fsp3) is 0.294. The molecule has 0 aliphatic carbocycles. The van der Waals surface area contributed by atoms with Crippen LogP contribution in [0.1, 0.15) is 12.0 Å². The summed E-state index contributed by atoms with van der Waals surface area (Å²) in [4.78, 5) is 0. The summed E-state index contributed by atoms with van der Waals surface area (Å²) >= 11 is 9.55. The van der Waals surface area contributed by atoms with E-state index in [1.807, 2.05) is 36.4 Å². The highest BCUT2D eigenvalue weighted by Gasteiger charge is 2.38. The summed E-state index contributed by atoms with van der Waals surface area (Å²) in [6, 6.07) is 16.1. The van der Waals surface area contributed by atoms with Crippen molar-refractivity contribution in [1.29, 1.82) is 0 Å². The van der Waals surface area contributed by atoms with Crippen molar-refractivity contribution < 1.29 is 4.74 Å². The van der Waals surface area contributed by atoms with Gasteiger partial charge >= 0.3 is 0 Å². The standard InChI is InChI=1S/C17H17BrClNO/c18-14-4-6-16(7-5-14)21-9-8-17(11-20-12-17)13-2-1-3-15(19)10-13/h1-7,10,20H,8-9,11-12H2. The first-order chi connectivity index (χ1) is 10.2. The van der Waals surface area contributed by atoms with Crippen LogP contribution in [0.4, 0.5) is 0 Å². The first-order valence-electron chi connectivity index (χ1n) is 7.03. The van der Waals surface area contributed by atoms with E-state index >= 15 is 0 Å². The van der Waals surface area contributed by atoms with Crippen molar-refractivity contribution >= 4 is 27.5 Å². The molecule has 0 radical (unpaired) electrons. The minimum atomic E-state index is 0.153. The number of halogens is 2. The Bertz CT molecular complexity index is 610. The molecule has 0 saturated carbocycles. The van der Waals surface area contributed by atoms with Crippen molar-refractivity contribution in [2.75, 3.05) is 19.7 Å². The van der Waals surface area contributed by atoms with Gasteiger partial charge in [-0.1, -0.05) is 39.7 Å². The fourth-order valence-electron chi connectivity index (χ4n) is 2.67. The average Bonchev–Trinajstić information content (AvgIpc) is 2.44. The minimum absolute atomic E-state index is 0.153. The van der Waals surface area contributed by atoms with E-state index in [2.05, 4.69) is 33.4 Å². The highest BCUT2D eigenvalue weighted by Crippen LogP contribution is 2.33. The summed E-state index contributed by atoms with van der Waals surface area (Å²) in [6.07, 6.45) is 0.983. The maximum absolute atomic E-state index is 6.12. The van der Waals surface area contributed by atoms with Crippen molar-refractivity contribution in [3.05, 3.63) is 63.6 Å². The number of hydrogen-bond acceptors (Lipinski definition) is 2. The van der Waals surface area contributed by atoms with Crippen molar-refractivity contribution in [1.82, 2.24) is 5.32 Å². The van der Waals surface area contributed by atoms with E-state index in [9.17, 15) is 0 Å². The molecule has 4 heteroatoms. The van der Waals surface area contributed by atoms with Gasteiger partial charge in [0.05, 0.1) is 6.61 Å². The Morgan fingerprint density at radius 1 is 1.14 bits per heavy atom. The maximum Gasteiger partial charge on any atom is 0.119 e. The van der Waals surface area contributed by atoms with Gasteiger partial charge in [-0.3, -0.25) is 0 Å². The van der Waals surface area contributed by atoms with Gasteiger partial charge in [0.25, 0.3) is 0 Å². The molecule has 3 rings (SSSR count). The summed E-state index contributed by atoms with van der Waals surface area (Å²) in [5, 5.41) is 4.17. The van der Waals surface area contributed by atoms with E-state index in [0.717, 1.165) is 34.8 Å². The molecule has 0 unspecified atom stereocenters. The minimum Gasteiger partial charge on any atom is -0.494 e. The molecule has 1 aliphatic rings. The van der Waals surface area contributed by atoms with E-state index in [1.54, 1.807) is 0 Å². The molecule has 0 bridgehead atoms. The lowest BCUT2D eigenvalue weighted by molar-refractivity contribution is 0.199. The van der Waals surface area contributed by atoms with Crippen LogP contribution in [-0.2, 0) is 5.41 Å². The van der Waals surface area contributed by atoms with Crippen LogP contribution >= 0.6 is 27.5 Å². The van der Waals surface area contributed by atoms with Gasteiger partial charge in [-0.2, -0.15) is 0 Å². The van der Waals surface area contributed by atoms with Gasteiger partial charge in [0.15, 0.2) is 0 Å². The highest BCUT2D eigenvalue weighted by molar-refractivity contribution is 9.10. The average molecular weight is 367 g/mol. The van der Waals surface area contributed by atoms with Gasteiger partial charge in [0, 0.05) is 28.0 Å². The highest BCUT2D eigenvalue weighted by atomic mass is 79.9. The van der Waals surface area contributed by atoms with Crippen LogP contribution in [0.5, 0.6) is 5.75 Å². The summed E-state index contributed by atoms with van der Waals surface area (Å²) in [7, 11) is 0. The molecule has 1 fully saturated rings. The molecule has 2 aromatic carbocycles. The van der Waals surface area contributed by atoms with Crippen LogP contribution in [0.15, 0.2) is 53.0 Å². The predicted octanol–water partition coefficient (Wildman–Crippen LogP) is 4.41. The third kappa shape index (κ3) is 3.42. The second-order valence-corrected chi connectivity index (χ2v) is 6.80. The maximum atomic E-state index is 6.12. The van der Waals surface area contributed by atoms with Gasteiger partial charge in [-0.25, -0.2) is 0 Å². The summed E-state index contributed by atoms with van der Waals surface area (Å²) in [6.45, 7) is 2.67. The molecule has 1 heterocycles. The topological polar surface area (TPSA) is 21.3 Å². The van der Waals surface area contributed by atoms with Gasteiger partial charge in [0.1, 0.15) is 5.75 Å². The molecule has 0 spiro atoms. The van der Waals surface area contributed by atoms with E-state index in [-0.39, 0.29) is 5.41 Å². The Morgan fingerprint density at radius 3 is 2.52 bits per heavy atom. The molecule has 0 amide bonds. The molecule has 2 aromatic rings. The summed E-state index contributed by atoms with van der Waals surface area (Å²) in [5.41, 5.74) is 1.45. The quantitative estimate of drug-likeness (QED) is 0.846. The number of rotatable bonds is 5. The molecule has 1 N–H and O–H groups in total.